The van der Waals surface area contributed by atoms with Crippen molar-refractivity contribution in [3.8, 4) is 5.69 Å². The number of amides is 1. The second kappa shape index (κ2) is 7.71. The van der Waals surface area contributed by atoms with Gasteiger partial charge in [0, 0.05) is 12.5 Å². The van der Waals surface area contributed by atoms with E-state index >= 15 is 0 Å². The van der Waals surface area contributed by atoms with Crippen LogP contribution in [0, 0.1) is 0 Å². The Balaban J connectivity index is 1.50. The lowest BCUT2D eigenvalue weighted by Gasteiger charge is -2.16. The number of furan rings is 1. The molecular formula is C17H19N5O3. The molecule has 1 amide bonds. The molecule has 3 rings (SSSR count). The zero-order valence-corrected chi connectivity index (χ0v) is 13.7. The summed E-state index contributed by atoms with van der Waals surface area (Å²) in [4.78, 5) is 12.2. The summed E-state index contributed by atoms with van der Waals surface area (Å²) in [6, 6.07) is 10.7. The van der Waals surface area contributed by atoms with Crippen LogP contribution >= 0.6 is 0 Å². The number of rotatable bonds is 7. The number of aromatic nitrogens is 4. The second-order valence-corrected chi connectivity index (χ2v) is 5.83. The molecule has 3 aromatic rings. The molecule has 2 atom stereocenters. The number of carbonyl (C=O) groups excluding carboxylic acids is 1. The van der Waals surface area contributed by atoms with Gasteiger partial charge < -0.3 is 14.8 Å². The molecule has 25 heavy (non-hydrogen) atoms. The molecular weight excluding hydrogens is 322 g/mol. The monoisotopic (exact) mass is 341 g/mol. The highest BCUT2D eigenvalue weighted by molar-refractivity contribution is 5.78. The molecule has 0 spiro atoms. The van der Waals surface area contributed by atoms with Gasteiger partial charge in [-0.25, -0.2) is 4.68 Å². The first kappa shape index (κ1) is 16.8. The van der Waals surface area contributed by atoms with Crippen LogP contribution in [-0.4, -0.2) is 37.3 Å². The quantitative estimate of drug-likeness (QED) is 0.673. The number of nitrogens with one attached hydrogen (secondary N) is 1. The molecule has 0 fully saturated rings. The number of nitrogens with zero attached hydrogens (tertiary/aromatic N) is 4. The summed E-state index contributed by atoms with van der Waals surface area (Å²) in [6.45, 7) is 1.85. The third kappa shape index (κ3) is 4.51. The molecule has 2 N–H and O–H groups in total. The van der Waals surface area contributed by atoms with E-state index in [2.05, 4.69) is 20.8 Å². The lowest BCUT2D eigenvalue weighted by Crippen LogP contribution is -2.34. The summed E-state index contributed by atoms with van der Waals surface area (Å²) in [5.41, 5.74) is 1.71. The Hall–Kier alpha value is -3.00. The highest BCUT2D eigenvalue weighted by Crippen LogP contribution is 2.18. The average Bonchev–Trinajstić information content (AvgIpc) is 3.29. The van der Waals surface area contributed by atoms with Crippen molar-refractivity contribution in [3.63, 3.8) is 0 Å². The summed E-state index contributed by atoms with van der Waals surface area (Å²) in [7, 11) is 0. The Labute approximate surface area is 144 Å². The molecule has 1 aromatic carbocycles. The van der Waals surface area contributed by atoms with Crippen LogP contribution in [0.1, 0.15) is 30.8 Å². The van der Waals surface area contributed by atoms with Gasteiger partial charge in [-0.1, -0.05) is 12.1 Å². The summed E-state index contributed by atoms with van der Waals surface area (Å²) in [5.74, 6) is 0.397. The summed E-state index contributed by atoms with van der Waals surface area (Å²) in [6.07, 6.45) is 2.93. The van der Waals surface area contributed by atoms with E-state index in [-0.39, 0.29) is 18.4 Å². The van der Waals surface area contributed by atoms with E-state index in [4.69, 9.17) is 4.42 Å². The van der Waals surface area contributed by atoms with Gasteiger partial charge in [-0.2, -0.15) is 0 Å². The molecule has 8 heteroatoms. The third-order valence-corrected chi connectivity index (χ3v) is 3.77. The van der Waals surface area contributed by atoms with Crippen LogP contribution in [0.25, 0.3) is 5.69 Å². The van der Waals surface area contributed by atoms with Gasteiger partial charge >= 0.3 is 0 Å². The van der Waals surface area contributed by atoms with E-state index < -0.39 is 6.10 Å². The van der Waals surface area contributed by atoms with E-state index in [0.29, 0.717) is 12.2 Å². The maximum absolute atomic E-state index is 12.2. The Morgan fingerprint density at radius 1 is 1.32 bits per heavy atom. The van der Waals surface area contributed by atoms with Gasteiger partial charge in [0.15, 0.2) is 0 Å². The van der Waals surface area contributed by atoms with Gasteiger partial charge in [-0.05, 0) is 47.2 Å². The van der Waals surface area contributed by atoms with Gasteiger partial charge in [0.05, 0.1) is 18.4 Å². The zero-order chi connectivity index (χ0) is 17.6. The number of tetrazole rings is 1. The third-order valence-electron chi connectivity index (χ3n) is 3.77. The van der Waals surface area contributed by atoms with Gasteiger partial charge in [0.1, 0.15) is 18.2 Å². The number of aliphatic hydroxyl groups is 1. The number of hydrogen-bond donors (Lipinski definition) is 2. The standard InChI is InChI=1S/C17H19N5O3/c1-12(9-15(23)16-3-2-8-25-16)19-17(24)10-13-4-6-14(7-5-13)22-11-18-20-21-22/h2-8,11-12,15,23H,9-10H2,1H3,(H,19,24). The SMILES string of the molecule is CC(CC(O)c1ccco1)NC(=O)Cc1ccc(-n2cnnn2)cc1. The Bertz CT molecular complexity index is 784. The van der Waals surface area contributed by atoms with Crippen molar-refractivity contribution in [1.29, 1.82) is 0 Å². The van der Waals surface area contributed by atoms with E-state index in [1.165, 1.54) is 12.6 Å². The number of hydrogen-bond acceptors (Lipinski definition) is 6. The van der Waals surface area contributed by atoms with Crippen molar-refractivity contribution >= 4 is 5.91 Å². The largest absolute Gasteiger partial charge is 0.467 e. The van der Waals surface area contributed by atoms with Crippen LogP contribution in [-0.2, 0) is 11.2 Å². The predicted octanol–water partition coefficient (Wildman–Crippen LogP) is 1.43. The maximum atomic E-state index is 12.2. The van der Waals surface area contributed by atoms with Crippen LogP contribution in [0.2, 0.25) is 0 Å². The Kier molecular flexibility index (Phi) is 5.20. The fourth-order valence-electron chi connectivity index (χ4n) is 2.55. The Morgan fingerprint density at radius 3 is 2.76 bits per heavy atom. The van der Waals surface area contributed by atoms with Crippen LogP contribution in [0.3, 0.4) is 0 Å². The van der Waals surface area contributed by atoms with E-state index in [1.807, 2.05) is 31.2 Å². The molecule has 0 radical (unpaired) electrons. The van der Waals surface area contributed by atoms with Gasteiger partial charge in [-0.15, -0.1) is 5.10 Å². The van der Waals surface area contributed by atoms with Gasteiger partial charge in [-0.3, -0.25) is 4.79 Å². The number of benzene rings is 1. The fourth-order valence-corrected chi connectivity index (χ4v) is 2.55. The van der Waals surface area contributed by atoms with Crippen LogP contribution in [0.4, 0.5) is 0 Å². The van der Waals surface area contributed by atoms with Crippen LogP contribution in [0.5, 0.6) is 0 Å². The van der Waals surface area contributed by atoms with E-state index in [9.17, 15) is 9.90 Å². The average molecular weight is 341 g/mol. The minimum absolute atomic E-state index is 0.102. The Morgan fingerprint density at radius 2 is 2.12 bits per heavy atom. The normalized spacial score (nSPS) is 13.4. The first-order valence-electron chi connectivity index (χ1n) is 7.95. The number of carbonyl (C=O) groups is 1. The zero-order valence-electron chi connectivity index (χ0n) is 13.7. The molecule has 2 heterocycles. The van der Waals surface area contributed by atoms with Crippen molar-refractivity contribution in [2.45, 2.75) is 31.9 Å². The first-order chi connectivity index (χ1) is 12.1. The molecule has 2 aromatic heterocycles. The van der Waals surface area contributed by atoms with Crippen LogP contribution in [0.15, 0.2) is 53.4 Å². The first-order valence-corrected chi connectivity index (χ1v) is 7.95. The molecule has 0 bridgehead atoms. The summed E-state index contributed by atoms with van der Waals surface area (Å²) < 4.78 is 6.70. The minimum Gasteiger partial charge on any atom is -0.467 e. The van der Waals surface area contributed by atoms with Crippen molar-refractivity contribution in [2.24, 2.45) is 0 Å². The van der Waals surface area contributed by atoms with Gasteiger partial charge in [0.25, 0.3) is 0 Å². The fraction of sp³-hybridized carbons (Fsp3) is 0.294. The lowest BCUT2D eigenvalue weighted by molar-refractivity contribution is -0.121. The molecule has 130 valence electrons. The second-order valence-electron chi connectivity index (χ2n) is 5.83. The lowest BCUT2D eigenvalue weighted by atomic mass is 10.1. The molecule has 0 saturated heterocycles. The van der Waals surface area contributed by atoms with Crippen molar-refractivity contribution < 1.29 is 14.3 Å². The van der Waals surface area contributed by atoms with Crippen molar-refractivity contribution in [3.05, 3.63) is 60.3 Å². The smallest absolute Gasteiger partial charge is 0.224 e. The number of aliphatic hydroxyl groups excluding tert-OH is 1. The molecule has 0 aliphatic heterocycles. The highest BCUT2D eigenvalue weighted by atomic mass is 16.4. The molecule has 0 aliphatic rings. The topological polar surface area (TPSA) is 106 Å². The van der Waals surface area contributed by atoms with Crippen molar-refractivity contribution in [1.82, 2.24) is 25.5 Å². The maximum Gasteiger partial charge on any atom is 0.224 e. The highest BCUT2D eigenvalue weighted by Gasteiger charge is 2.16. The minimum atomic E-state index is -0.735. The molecule has 8 nitrogen and oxygen atoms in total. The van der Waals surface area contributed by atoms with Gasteiger partial charge in [0.2, 0.25) is 5.91 Å². The van der Waals surface area contributed by atoms with Crippen molar-refractivity contribution in [2.75, 3.05) is 0 Å². The molecule has 0 saturated carbocycles. The summed E-state index contributed by atoms with van der Waals surface area (Å²) in [5, 5.41) is 23.9. The van der Waals surface area contributed by atoms with E-state index in [0.717, 1.165) is 11.3 Å². The van der Waals surface area contributed by atoms with Crippen LogP contribution < -0.4 is 5.32 Å². The molecule has 2 unspecified atom stereocenters. The molecule has 0 aliphatic carbocycles. The summed E-state index contributed by atoms with van der Waals surface area (Å²) >= 11 is 0. The predicted molar refractivity (Wildman–Crippen MR) is 88.7 cm³/mol. The van der Waals surface area contributed by atoms with E-state index in [1.54, 1.807) is 16.8 Å².